The number of hydrogen-bond donors (Lipinski definition) is 1. The first-order chi connectivity index (χ1) is 6.22. The molecule has 1 aromatic rings. The number of halogens is 1. The van der Waals surface area contributed by atoms with Gasteiger partial charge in [0.25, 0.3) is 0 Å². The molecule has 0 amide bonds. The maximum atomic E-state index is 13.2. The van der Waals surface area contributed by atoms with Gasteiger partial charge in [0.2, 0.25) is 0 Å². The fourth-order valence-corrected chi connectivity index (χ4v) is 1.94. The average Bonchev–Trinajstić information content (AvgIpc) is 2.56. The van der Waals surface area contributed by atoms with Crippen molar-refractivity contribution in [2.45, 2.75) is 19.8 Å². The molecule has 0 saturated heterocycles. The topological polar surface area (TPSA) is 33.1 Å². The van der Waals surface area contributed by atoms with Crippen LogP contribution < -0.4 is 0 Å². The Morgan fingerprint density at radius 3 is 2.85 bits per heavy atom. The summed E-state index contributed by atoms with van der Waals surface area (Å²) in [6.45, 7) is 2.02. The van der Waals surface area contributed by atoms with Gasteiger partial charge in [-0.05, 0) is 36.8 Å². The molecule has 3 heteroatoms. The summed E-state index contributed by atoms with van der Waals surface area (Å²) in [5.74, 6) is -0.0380. The van der Waals surface area contributed by atoms with Crippen LogP contribution in [0.3, 0.4) is 0 Å². The summed E-state index contributed by atoms with van der Waals surface area (Å²) in [5, 5.41) is 8.98. The van der Waals surface area contributed by atoms with Crippen LogP contribution in [0.2, 0.25) is 0 Å². The number of aromatic nitrogens is 1. The van der Waals surface area contributed by atoms with Crippen LogP contribution in [0.15, 0.2) is 6.20 Å². The Kier molecular flexibility index (Phi) is 2.04. The van der Waals surface area contributed by atoms with Gasteiger partial charge < -0.3 is 5.11 Å². The third-order valence-electron chi connectivity index (χ3n) is 2.70. The van der Waals surface area contributed by atoms with Crippen molar-refractivity contribution >= 4 is 0 Å². The van der Waals surface area contributed by atoms with Crippen LogP contribution in [0.4, 0.5) is 4.39 Å². The van der Waals surface area contributed by atoms with Gasteiger partial charge in [0, 0.05) is 12.3 Å². The van der Waals surface area contributed by atoms with Gasteiger partial charge in [-0.3, -0.25) is 4.98 Å². The van der Waals surface area contributed by atoms with E-state index in [1.807, 2.05) is 6.92 Å². The molecule has 2 nitrogen and oxygen atoms in total. The minimum absolute atomic E-state index is 0.133. The zero-order valence-electron chi connectivity index (χ0n) is 7.55. The molecule has 1 atom stereocenters. The van der Waals surface area contributed by atoms with Crippen LogP contribution in [0.25, 0.3) is 0 Å². The van der Waals surface area contributed by atoms with Crippen LogP contribution in [0.5, 0.6) is 0 Å². The second-order valence-corrected chi connectivity index (χ2v) is 3.61. The van der Waals surface area contributed by atoms with Gasteiger partial charge in [-0.1, -0.05) is 0 Å². The van der Waals surface area contributed by atoms with E-state index in [0.717, 1.165) is 23.2 Å². The first kappa shape index (κ1) is 8.63. The van der Waals surface area contributed by atoms with Gasteiger partial charge in [-0.2, -0.15) is 0 Å². The average molecular weight is 181 g/mol. The van der Waals surface area contributed by atoms with Crippen LogP contribution in [-0.4, -0.2) is 16.7 Å². The number of pyridine rings is 1. The van der Waals surface area contributed by atoms with Crippen LogP contribution in [-0.2, 0) is 12.8 Å². The Morgan fingerprint density at radius 1 is 1.54 bits per heavy atom. The predicted octanol–water partition coefficient (Wildman–Crippen LogP) is 1.24. The third-order valence-corrected chi connectivity index (χ3v) is 2.70. The zero-order valence-corrected chi connectivity index (χ0v) is 7.55. The summed E-state index contributed by atoms with van der Waals surface area (Å²) in [6, 6.07) is 0. The molecule has 0 unspecified atom stereocenters. The van der Waals surface area contributed by atoms with E-state index in [0.29, 0.717) is 6.42 Å². The smallest absolute Gasteiger partial charge is 0.144 e. The summed E-state index contributed by atoms with van der Waals surface area (Å²) in [7, 11) is 0. The summed E-state index contributed by atoms with van der Waals surface area (Å²) in [5.41, 5.74) is 2.65. The van der Waals surface area contributed by atoms with Crippen molar-refractivity contribution < 1.29 is 9.50 Å². The standard InChI is InChI=1S/C10H12FNO/c1-6-8-2-7(5-13)3-9(8)10(11)4-12-6/h4,7,13H,2-3,5H2,1H3/t7-/m1/s1. The molecule has 13 heavy (non-hydrogen) atoms. The molecule has 0 radical (unpaired) electrons. The van der Waals surface area contributed by atoms with Crippen molar-refractivity contribution in [3.63, 3.8) is 0 Å². The third kappa shape index (κ3) is 1.33. The summed E-state index contributed by atoms with van der Waals surface area (Å²) in [4.78, 5) is 3.96. The van der Waals surface area contributed by atoms with Crippen molar-refractivity contribution in [3.05, 3.63) is 28.8 Å². The fourth-order valence-electron chi connectivity index (χ4n) is 1.94. The molecule has 0 saturated carbocycles. The summed E-state index contributed by atoms with van der Waals surface area (Å²) < 4.78 is 13.2. The summed E-state index contributed by atoms with van der Waals surface area (Å²) >= 11 is 0. The zero-order chi connectivity index (χ0) is 9.42. The van der Waals surface area contributed by atoms with Crippen molar-refractivity contribution in [1.82, 2.24) is 4.98 Å². The van der Waals surface area contributed by atoms with Gasteiger partial charge in [0.1, 0.15) is 5.82 Å². The molecular weight excluding hydrogens is 169 g/mol. The Balaban J connectivity index is 2.43. The number of fused-ring (bicyclic) bond motifs is 1. The van der Waals surface area contributed by atoms with Crippen molar-refractivity contribution in [3.8, 4) is 0 Å². The molecular formula is C10H12FNO. The lowest BCUT2D eigenvalue weighted by atomic mass is 10.1. The normalized spacial score (nSPS) is 20.4. The van der Waals surface area contributed by atoms with Gasteiger partial charge in [0.05, 0.1) is 6.20 Å². The van der Waals surface area contributed by atoms with E-state index in [9.17, 15) is 4.39 Å². The first-order valence-electron chi connectivity index (χ1n) is 4.46. The lowest BCUT2D eigenvalue weighted by molar-refractivity contribution is 0.232. The van der Waals surface area contributed by atoms with Crippen LogP contribution in [0.1, 0.15) is 16.8 Å². The molecule has 0 bridgehead atoms. The number of rotatable bonds is 1. The van der Waals surface area contributed by atoms with E-state index in [1.54, 1.807) is 0 Å². The molecule has 2 rings (SSSR count). The van der Waals surface area contributed by atoms with E-state index in [-0.39, 0.29) is 18.3 Å². The molecule has 0 aliphatic heterocycles. The molecule has 1 aromatic heterocycles. The second kappa shape index (κ2) is 3.07. The number of aryl methyl sites for hydroxylation is 1. The molecule has 0 aromatic carbocycles. The maximum Gasteiger partial charge on any atom is 0.144 e. The van der Waals surface area contributed by atoms with Crippen molar-refractivity contribution in [2.75, 3.05) is 6.61 Å². The molecule has 0 fully saturated rings. The number of hydrogen-bond acceptors (Lipinski definition) is 2. The lowest BCUT2D eigenvalue weighted by Crippen LogP contribution is -2.04. The van der Waals surface area contributed by atoms with E-state index >= 15 is 0 Å². The molecule has 1 aliphatic rings. The van der Waals surface area contributed by atoms with Gasteiger partial charge in [0.15, 0.2) is 0 Å². The highest BCUT2D eigenvalue weighted by atomic mass is 19.1. The monoisotopic (exact) mass is 181 g/mol. The van der Waals surface area contributed by atoms with Gasteiger partial charge in [-0.25, -0.2) is 4.39 Å². The molecule has 1 heterocycles. The van der Waals surface area contributed by atoms with Crippen LogP contribution >= 0.6 is 0 Å². The molecule has 1 aliphatic carbocycles. The van der Waals surface area contributed by atoms with E-state index < -0.39 is 0 Å². The van der Waals surface area contributed by atoms with Crippen LogP contribution in [0, 0.1) is 18.7 Å². The minimum atomic E-state index is -0.225. The Morgan fingerprint density at radius 2 is 2.23 bits per heavy atom. The SMILES string of the molecule is Cc1ncc(F)c2c1C[C@@H](CO)C2. The van der Waals surface area contributed by atoms with Crippen molar-refractivity contribution in [1.29, 1.82) is 0 Å². The number of aliphatic hydroxyl groups excluding tert-OH is 1. The van der Waals surface area contributed by atoms with E-state index in [4.69, 9.17) is 5.11 Å². The van der Waals surface area contributed by atoms with Gasteiger partial charge in [-0.15, -0.1) is 0 Å². The first-order valence-corrected chi connectivity index (χ1v) is 4.46. The highest BCUT2D eigenvalue weighted by Gasteiger charge is 2.25. The molecule has 70 valence electrons. The number of aliphatic hydroxyl groups is 1. The molecule has 0 spiro atoms. The Labute approximate surface area is 76.4 Å². The van der Waals surface area contributed by atoms with E-state index in [1.165, 1.54) is 6.20 Å². The van der Waals surface area contributed by atoms with E-state index in [2.05, 4.69) is 4.98 Å². The molecule has 1 N–H and O–H groups in total. The largest absolute Gasteiger partial charge is 0.396 e. The summed E-state index contributed by atoms with van der Waals surface area (Å²) in [6.07, 6.45) is 2.69. The Bertz CT molecular complexity index is 307. The Hall–Kier alpha value is -0.960. The quantitative estimate of drug-likeness (QED) is 0.707. The lowest BCUT2D eigenvalue weighted by Gasteiger charge is -2.02. The van der Waals surface area contributed by atoms with Gasteiger partial charge >= 0.3 is 0 Å². The fraction of sp³-hybridized carbons (Fsp3) is 0.500. The maximum absolute atomic E-state index is 13.2. The highest BCUT2D eigenvalue weighted by Crippen LogP contribution is 2.29. The number of nitrogens with zero attached hydrogens (tertiary/aromatic N) is 1. The highest BCUT2D eigenvalue weighted by molar-refractivity contribution is 5.35. The minimum Gasteiger partial charge on any atom is -0.396 e. The predicted molar refractivity (Wildman–Crippen MR) is 46.9 cm³/mol. The second-order valence-electron chi connectivity index (χ2n) is 3.61. The van der Waals surface area contributed by atoms with Crippen molar-refractivity contribution in [2.24, 2.45) is 5.92 Å².